The molecular formula is C15H24N2O2S. The highest BCUT2D eigenvalue weighted by Gasteiger charge is 2.31. The first kappa shape index (κ1) is 15.5. The summed E-state index contributed by atoms with van der Waals surface area (Å²) in [6.07, 6.45) is 2.93. The van der Waals surface area contributed by atoms with Crippen molar-refractivity contribution in [3.8, 4) is 0 Å². The summed E-state index contributed by atoms with van der Waals surface area (Å²) in [5, 5.41) is 0. The zero-order chi connectivity index (χ0) is 14.9. The van der Waals surface area contributed by atoms with Crippen molar-refractivity contribution in [3.63, 3.8) is 0 Å². The van der Waals surface area contributed by atoms with Gasteiger partial charge in [0.2, 0.25) is 10.0 Å². The van der Waals surface area contributed by atoms with Crippen LogP contribution in [0, 0.1) is 26.7 Å². The van der Waals surface area contributed by atoms with E-state index in [1.165, 1.54) is 0 Å². The van der Waals surface area contributed by atoms with Gasteiger partial charge in [-0.3, -0.25) is 0 Å². The molecule has 1 saturated carbocycles. The smallest absolute Gasteiger partial charge is 0.241 e. The van der Waals surface area contributed by atoms with Gasteiger partial charge in [0.25, 0.3) is 0 Å². The maximum absolute atomic E-state index is 12.7. The number of rotatable bonds is 4. The predicted octanol–water partition coefficient (Wildman–Crippen LogP) is 2.02. The van der Waals surface area contributed by atoms with Crippen LogP contribution in [0.25, 0.3) is 0 Å². The molecule has 0 aliphatic heterocycles. The van der Waals surface area contributed by atoms with Crippen molar-refractivity contribution >= 4 is 10.0 Å². The number of hydrogen-bond donors (Lipinski definition) is 2. The third-order valence-corrected chi connectivity index (χ3v) is 5.94. The molecule has 0 bridgehead atoms. The minimum absolute atomic E-state index is 0.0231. The summed E-state index contributed by atoms with van der Waals surface area (Å²) in [4.78, 5) is 0.422. The molecule has 1 aliphatic rings. The average molecular weight is 296 g/mol. The van der Waals surface area contributed by atoms with Gasteiger partial charge in [0.1, 0.15) is 0 Å². The molecule has 0 aromatic heterocycles. The van der Waals surface area contributed by atoms with Gasteiger partial charge in [0.05, 0.1) is 4.90 Å². The first-order valence-corrected chi connectivity index (χ1v) is 8.63. The minimum atomic E-state index is -3.47. The molecule has 1 fully saturated rings. The molecule has 112 valence electrons. The molecule has 2 atom stereocenters. The molecule has 0 spiro atoms. The molecule has 0 radical (unpaired) electrons. The summed E-state index contributed by atoms with van der Waals surface area (Å²) in [5.74, 6) is 0.260. The van der Waals surface area contributed by atoms with Crippen LogP contribution in [0.4, 0.5) is 0 Å². The van der Waals surface area contributed by atoms with E-state index in [4.69, 9.17) is 5.73 Å². The van der Waals surface area contributed by atoms with Crippen LogP contribution in [0.15, 0.2) is 17.0 Å². The lowest BCUT2D eigenvalue weighted by molar-refractivity contribution is 0.452. The second kappa shape index (κ2) is 5.84. The molecule has 4 nitrogen and oxygen atoms in total. The summed E-state index contributed by atoms with van der Waals surface area (Å²) in [6.45, 7) is 6.22. The number of benzene rings is 1. The van der Waals surface area contributed by atoms with Crippen LogP contribution in [-0.2, 0) is 10.0 Å². The zero-order valence-corrected chi connectivity index (χ0v) is 13.3. The lowest BCUT2D eigenvalue weighted by atomic mass is 10.1. The Kier molecular flexibility index (Phi) is 4.52. The fraction of sp³-hybridized carbons (Fsp3) is 0.600. The van der Waals surface area contributed by atoms with Gasteiger partial charge in [-0.05, 0) is 57.2 Å². The van der Waals surface area contributed by atoms with Gasteiger partial charge in [0.15, 0.2) is 0 Å². The molecule has 1 aromatic rings. The maximum Gasteiger partial charge on any atom is 0.241 e. The third-order valence-electron chi connectivity index (χ3n) is 4.14. The van der Waals surface area contributed by atoms with Gasteiger partial charge in [0, 0.05) is 6.04 Å². The van der Waals surface area contributed by atoms with E-state index in [1.54, 1.807) is 0 Å². The average Bonchev–Trinajstić information content (AvgIpc) is 2.73. The van der Waals surface area contributed by atoms with Crippen molar-refractivity contribution in [2.75, 3.05) is 6.54 Å². The Morgan fingerprint density at radius 2 is 1.80 bits per heavy atom. The van der Waals surface area contributed by atoms with E-state index < -0.39 is 10.0 Å². The Labute approximate surface area is 121 Å². The number of nitrogens with one attached hydrogen (secondary N) is 1. The van der Waals surface area contributed by atoms with Gasteiger partial charge >= 0.3 is 0 Å². The van der Waals surface area contributed by atoms with Crippen LogP contribution in [0.2, 0.25) is 0 Å². The van der Waals surface area contributed by atoms with Crippen LogP contribution in [0.3, 0.4) is 0 Å². The Morgan fingerprint density at radius 1 is 1.20 bits per heavy atom. The fourth-order valence-corrected chi connectivity index (χ4v) is 5.12. The fourth-order valence-electron chi connectivity index (χ4n) is 3.32. The predicted molar refractivity (Wildman–Crippen MR) is 81.2 cm³/mol. The van der Waals surface area contributed by atoms with Crippen LogP contribution in [0.1, 0.15) is 36.0 Å². The van der Waals surface area contributed by atoms with Crippen molar-refractivity contribution in [1.82, 2.24) is 4.72 Å². The molecule has 0 saturated heterocycles. The van der Waals surface area contributed by atoms with Crippen molar-refractivity contribution in [1.29, 1.82) is 0 Å². The number of aryl methyl sites for hydroxylation is 3. The molecule has 20 heavy (non-hydrogen) atoms. The molecule has 0 heterocycles. The van der Waals surface area contributed by atoms with Crippen LogP contribution in [0.5, 0.6) is 0 Å². The standard InChI is InChI=1S/C15H24N2O2S/c1-10-7-11(2)15(12(3)8-10)20(18,19)17-14-6-4-5-13(14)9-16/h7-8,13-14,17H,4-6,9,16H2,1-3H3. The second-order valence-electron chi connectivity index (χ2n) is 5.88. The van der Waals surface area contributed by atoms with Crippen molar-refractivity contribution < 1.29 is 8.42 Å². The molecule has 1 aromatic carbocycles. The van der Waals surface area contributed by atoms with Gasteiger partial charge in [-0.15, -0.1) is 0 Å². The molecule has 5 heteroatoms. The normalized spacial score (nSPS) is 23.2. The highest BCUT2D eigenvalue weighted by molar-refractivity contribution is 7.89. The summed E-state index contributed by atoms with van der Waals surface area (Å²) in [7, 11) is -3.47. The quantitative estimate of drug-likeness (QED) is 0.893. The van der Waals surface area contributed by atoms with Crippen LogP contribution >= 0.6 is 0 Å². The minimum Gasteiger partial charge on any atom is -0.330 e. The molecule has 0 amide bonds. The lowest BCUT2D eigenvalue weighted by Crippen LogP contribution is -2.40. The second-order valence-corrected chi connectivity index (χ2v) is 7.53. The van der Waals surface area contributed by atoms with Gasteiger partial charge < -0.3 is 5.73 Å². The summed E-state index contributed by atoms with van der Waals surface area (Å²) < 4.78 is 28.2. The first-order chi connectivity index (χ1) is 9.35. The van der Waals surface area contributed by atoms with Crippen LogP contribution < -0.4 is 10.5 Å². The van der Waals surface area contributed by atoms with E-state index >= 15 is 0 Å². The van der Waals surface area contributed by atoms with Crippen molar-refractivity contribution in [2.24, 2.45) is 11.7 Å². The van der Waals surface area contributed by atoms with E-state index in [-0.39, 0.29) is 12.0 Å². The number of nitrogens with two attached hydrogens (primary N) is 1. The SMILES string of the molecule is Cc1cc(C)c(S(=O)(=O)NC2CCCC2CN)c(C)c1. The molecule has 1 aliphatic carbocycles. The largest absolute Gasteiger partial charge is 0.330 e. The van der Waals surface area contributed by atoms with Crippen molar-refractivity contribution in [3.05, 3.63) is 28.8 Å². The summed E-state index contributed by atoms with van der Waals surface area (Å²) in [6, 6.07) is 3.80. The highest BCUT2D eigenvalue weighted by Crippen LogP contribution is 2.28. The molecule has 2 rings (SSSR count). The molecule has 3 N–H and O–H groups in total. The lowest BCUT2D eigenvalue weighted by Gasteiger charge is -2.21. The Morgan fingerprint density at radius 3 is 2.35 bits per heavy atom. The Hall–Kier alpha value is -0.910. The van der Waals surface area contributed by atoms with E-state index in [0.29, 0.717) is 11.4 Å². The van der Waals surface area contributed by atoms with E-state index in [1.807, 2.05) is 32.9 Å². The van der Waals surface area contributed by atoms with Crippen molar-refractivity contribution in [2.45, 2.75) is 51.0 Å². The molecule has 2 unspecified atom stereocenters. The maximum atomic E-state index is 12.7. The zero-order valence-electron chi connectivity index (χ0n) is 12.4. The van der Waals surface area contributed by atoms with Crippen LogP contribution in [-0.4, -0.2) is 21.0 Å². The Balaban J connectivity index is 2.32. The summed E-state index contributed by atoms with van der Waals surface area (Å²) in [5.41, 5.74) is 8.42. The van der Waals surface area contributed by atoms with E-state index in [9.17, 15) is 8.42 Å². The number of hydrogen-bond acceptors (Lipinski definition) is 3. The topological polar surface area (TPSA) is 72.2 Å². The number of sulfonamides is 1. The first-order valence-electron chi connectivity index (χ1n) is 7.15. The van der Waals surface area contributed by atoms with Gasteiger partial charge in [-0.25, -0.2) is 13.1 Å². The van der Waals surface area contributed by atoms with Gasteiger partial charge in [-0.1, -0.05) is 24.1 Å². The highest BCUT2D eigenvalue weighted by atomic mass is 32.2. The molecular weight excluding hydrogens is 272 g/mol. The Bertz CT molecular complexity index is 573. The monoisotopic (exact) mass is 296 g/mol. The van der Waals surface area contributed by atoms with E-state index in [2.05, 4.69) is 4.72 Å². The third kappa shape index (κ3) is 3.05. The van der Waals surface area contributed by atoms with Gasteiger partial charge in [-0.2, -0.15) is 0 Å². The summed E-state index contributed by atoms with van der Waals surface area (Å²) >= 11 is 0. The van der Waals surface area contributed by atoms with E-state index in [0.717, 1.165) is 36.0 Å².